The van der Waals surface area contributed by atoms with Gasteiger partial charge in [-0.05, 0) is 0 Å². The lowest BCUT2D eigenvalue weighted by Crippen LogP contribution is -2.32. The molecule has 7 heteroatoms. The van der Waals surface area contributed by atoms with Gasteiger partial charge in [-0.3, -0.25) is 0 Å². The molecule has 0 radical (unpaired) electrons. The molecule has 0 rings (SSSR count). The first-order chi connectivity index (χ1) is 6.02. The summed E-state index contributed by atoms with van der Waals surface area (Å²) in [5.41, 5.74) is 5.14. The molecule has 0 aliphatic heterocycles. The van der Waals surface area contributed by atoms with Crippen LogP contribution in [0.15, 0.2) is 5.16 Å². The Morgan fingerprint density at radius 2 is 2.23 bits per heavy atom. The van der Waals surface area contributed by atoms with Crippen LogP contribution in [0.1, 0.15) is 6.92 Å². The minimum absolute atomic E-state index is 0.0360. The summed E-state index contributed by atoms with van der Waals surface area (Å²) >= 11 is 0. The van der Waals surface area contributed by atoms with Gasteiger partial charge in [0.25, 0.3) is 0 Å². The third kappa shape index (κ3) is 6.35. The van der Waals surface area contributed by atoms with Gasteiger partial charge in [-0.15, -0.1) is 0 Å². The Balaban J connectivity index is 3.59. The van der Waals surface area contributed by atoms with Crippen LogP contribution in [0.25, 0.3) is 0 Å². The van der Waals surface area contributed by atoms with E-state index in [2.05, 4.69) is 10.5 Å². The van der Waals surface area contributed by atoms with Gasteiger partial charge in [0.15, 0.2) is 15.7 Å². The molecule has 0 aromatic carbocycles. The molecule has 0 fully saturated rings. The van der Waals surface area contributed by atoms with Crippen LogP contribution in [0, 0.1) is 0 Å². The number of nitrogens with two attached hydrogens (primary N) is 1. The molecule has 4 N–H and O–H groups in total. The van der Waals surface area contributed by atoms with E-state index in [1.54, 1.807) is 6.92 Å². The van der Waals surface area contributed by atoms with Crippen molar-refractivity contribution in [3.8, 4) is 0 Å². The van der Waals surface area contributed by atoms with Crippen molar-refractivity contribution in [3.63, 3.8) is 0 Å². The second-order valence-corrected chi connectivity index (χ2v) is 4.98. The lowest BCUT2D eigenvalue weighted by atomic mass is 10.6. The Labute approximate surface area is 77.7 Å². The lowest BCUT2D eigenvalue weighted by molar-refractivity contribution is 0.317. The number of amidine groups is 1. The number of nitrogens with zero attached hydrogens (tertiary/aromatic N) is 1. The zero-order valence-corrected chi connectivity index (χ0v) is 8.34. The van der Waals surface area contributed by atoms with Crippen molar-refractivity contribution < 1.29 is 13.6 Å². The number of rotatable bonds is 6. The van der Waals surface area contributed by atoms with Crippen LogP contribution < -0.4 is 11.1 Å². The van der Waals surface area contributed by atoms with Crippen LogP contribution in [0.2, 0.25) is 0 Å². The molecule has 13 heavy (non-hydrogen) atoms. The van der Waals surface area contributed by atoms with E-state index < -0.39 is 9.84 Å². The standard InChI is InChI=1S/C6H15N3O3S/c1-2-13(11,12)4-3-8-5-6(7)9-10/h8,10H,2-5H2,1H3,(H2,7,9). The first-order valence-corrected chi connectivity index (χ1v) is 5.71. The molecule has 6 nitrogen and oxygen atoms in total. The second kappa shape index (κ2) is 5.76. The summed E-state index contributed by atoms with van der Waals surface area (Å²) in [7, 11) is -2.93. The number of nitrogens with one attached hydrogen (secondary N) is 1. The maximum atomic E-state index is 11.0. The van der Waals surface area contributed by atoms with E-state index in [0.717, 1.165) is 0 Å². The zero-order valence-electron chi connectivity index (χ0n) is 7.52. The van der Waals surface area contributed by atoms with Crippen molar-refractivity contribution >= 4 is 15.7 Å². The molecule has 0 bridgehead atoms. The largest absolute Gasteiger partial charge is 0.409 e. The SMILES string of the molecule is CCS(=O)(=O)CCNCC(N)=NO. The number of sulfone groups is 1. The molecule has 0 unspecified atom stereocenters. The monoisotopic (exact) mass is 209 g/mol. The first-order valence-electron chi connectivity index (χ1n) is 3.89. The molecule has 0 spiro atoms. The number of hydrogen-bond donors (Lipinski definition) is 3. The maximum Gasteiger partial charge on any atom is 0.153 e. The molecule has 0 aliphatic carbocycles. The molecular weight excluding hydrogens is 194 g/mol. The van der Waals surface area contributed by atoms with Gasteiger partial charge in [-0.25, -0.2) is 8.42 Å². The quantitative estimate of drug-likeness (QED) is 0.167. The third-order valence-corrected chi connectivity index (χ3v) is 3.17. The number of hydrogen-bond acceptors (Lipinski definition) is 5. The molecule has 0 saturated heterocycles. The minimum Gasteiger partial charge on any atom is -0.409 e. The van der Waals surface area contributed by atoms with Gasteiger partial charge >= 0.3 is 0 Å². The van der Waals surface area contributed by atoms with Crippen LogP contribution in [0.5, 0.6) is 0 Å². The van der Waals surface area contributed by atoms with Gasteiger partial charge in [0, 0.05) is 12.3 Å². The molecule has 0 heterocycles. The van der Waals surface area contributed by atoms with E-state index in [0.29, 0.717) is 6.54 Å². The highest BCUT2D eigenvalue weighted by atomic mass is 32.2. The molecule has 0 saturated carbocycles. The molecule has 78 valence electrons. The summed E-state index contributed by atoms with van der Waals surface area (Å²) in [6.07, 6.45) is 0. The molecule has 0 aromatic heterocycles. The van der Waals surface area contributed by atoms with E-state index in [1.807, 2.05) is 0 Å². The molecular formula is C6H15N3O3S. The summed E-state index contributed by atoms with van der Waals surface area (Å²) < 4.78 is 21.9. The van der Waals surface area contributed by atoms with E-state index in [-0.39, 0.29) is 23.9 Å². The molecule has 0 atom stereocenters. The lowest BCUT2D eigenvalue weighted by Gasteiger charge is -2.02. The summed E-state index contributed by atoms with van der Waals surface area (Å²) in [4.78, 5) is 0. The van der Waals surface area contributed by atoms with Gasteiger partial charge in [-0.2, -0.15) is 0 Å². The maximum absolute atomic E-state index is 11.0. The highest BCUT2D eigenvalue weighted by Gasteiger charge is 2.05. The van der Waals surface area contributed by atoms with E-state index in [4.69, 9.17) is 10.9 Å². The van der Waals surface area contributed by atoms with Crippen molar-refractivity contribution in [2.24, 2.45) is 10.9 Å². The van der Waals surface area contributed by atoms with Gasteiger partial charge < -0.3 is 16.3 Å². The van der Waals surface area contributed by atoms with Crippen molar-refractivity contribution in [2.45, 2.75) is 6.92 Å². The molecule has 0 amide bonds. The van der Waals surface area contributed by atoms with Gasteiger partial charge in [0.05, 0.1) is 12.3 Å². The third-order valence-electron chi connectivity index (χ3n) is 1.46. The minimum atomic E-state index is -2.93. The fourth-order valence-electron chi connectivity index (χ4n) is 0.624. The van der Waals surface area contributed by atoms with Gasteiger partial charge in [-0.1, -0.05) is 12.1 Å². The average Bonchev–Trinajstić information content (AvgIpc) is 2.12. The Morgan fingerprint density at radius 1 is 1.62 bits per heavy atom. The summed E-state index contributed by atoms with van der Waals surface area (Å²) in [5.74, 6) is 0.245. The van der Waals surface area contributed by atoms with E-state index >= 15 is 0 Å². The highest BCUT2D eigenvalue weighted by Crippen LogP contribution is 1.86. The predicted molar refractivity (Wildman–Crippen MR) is 50.6 cm³/mol. The smallest absolute Gasteiger partial charge is 0.153 e. The van der Waals surface area contributed by atoms with Crippen LogP contribution in [-0.4, -0.2) is 44.1 Å². The predicted octanol–water partition coefficient (Wildman–Crippen LogP) is -1.24. The van der Waals surface area contributed by atoms with Gasteiger partial charge in [0.2, 0.25) is 0 Å². The van der Waals surface area contributed by atoms with Crippen molar-refractivity contribution in [2.75, 3.05) is 24.6 Å². The fourth-order valence-corrected chi connectivity index (χ4v) is 1.37. The zero-order chi connectivity index (χ0) is 10.3. The Bertz CT molecular complexity index is 260. The van der Waals surface area contributed by atoms with Crippen LogP contribution in [-0.2, 0) is 9.84 Å². The average molecular weight is 209 g/mol. The number of oxime groups is 1. The Kier molecular flexibility index (Phi) is 5.40. The first kappa shape index (κ1) is 12.2. The molecule has 0 aliphatic rings. The normalized spacial score (nSPS) is 13.2. The van der Waals surface area contributed by atoms with Crippen molar-refractivity contribution in [3.05, 3.63) is 0 Å². The van der Waals surface area contributed by atoms with Crippen LogP contribution >= 0.6 is 0 Å². The Hall–Kier alpha value is -0.820. The van der Waals surface area contributed by atoms with Crippen LogP contribution in [0.4, 0.5) is 0 Å². The highest BCUT2D eigenvalue weighted by molar-refractivity contribution is 7.91. The van der Waals surface area contributed by atoms with Crippen molar-refractivity contribution in [1.82, 2.24) is 5.32 Å². The topological polar surface area (TPSA) is 105 Å². The van der Waals surface area contributed by atoms with Gasteiger partial charge in [0.1, 0.15) is 0 Å². The second-order valence-electron chi connectivity index (χ2n) is 2.50. The van der Waals surface area contributed by atoms with E-state index in [9.17, 15) is 8.42 Å². The fraction of sp³-hybridized carbons (Fsp3) is 0.833. The van der Waals surface area contributed by atoms with E-state index in [1.165, 1.54) is 0 Å². The summed E-state index contributed by atoms with van der Waals surface area (Å²) in [6, 6.07) is 0. The molecule has 0 aromatic rings. The summed E-state index contributed by atoms with van der Waals surface area (Å²) in [5, 5.41) is 13.6. The van der Waals surface area contributed by atoms with Crippen LogP contribution in [0.3, 0.4) is 0 Å². The van der Waals surface area contributed by atoms with Crippen molar-refractivity contribution in [1.29, 1.82) is 0 Å². The Morgan fingerprint density at radius 3 is 2.69 bits per heavy atom. The summed E-state index contributed by atoms with van der Waals surface area (Å²) in [6.45, 7) is 2.10.